The summed E-state index contributed by atoms with van der Waals surface area (Å²) >= 11 is 1.53. The third-order valence-electron chi connectivity index (χ3n) is 4.26. The van der Waals surface area contributed by atoms with Gasteiger partial charge in [0, 0.05) is 30.1 Å². The fraction of sp³-hybridized carbons (Fsp3) is 0.412. The Morgan fingerprint density at radius 1 is 1.41 bits per heavy atom. The number of nitrogens with two attached hydrogens (primary N) is 1. The van der Waals surface area contributed by atoms with Crippen molar-refractivity contribution >= 4 is 17.2 Å². The van der Waals surface area contributed by atoms with E-state index in [1.807, 2.05) is 28.5 Å². The third kappa shape index (κ3) is 2.91. The topological polar surface area (TPSA) is 59.2 Å². The molecule has 0 aliphatic carbocycles. The molecule has 1 saturated heterocycles. The number of thiazole rings is 1. The molecule has 4 nitrogen and oxygen atoms in total. The molecule has 1 aromatic heterocycles. The van der Waals surface area contributed by atoms with Crippen LogP contribution in [0.4, 0.5) is 0 Å². The van der Waals surface area contributed by atoms with Crippen molar-refractivity contribution in [3.05, 3.63) is 40.9 Å². The molecule has 1 aliphatic rings. The summed E-state index contributed by atoms with van der Waals surface area (Å²) in [5, 5.41) is 2.77. The van der Waals surface area contributed by atoms with Gasteiger partial charge in [-0.1, -0.05) is 24.3 Å². The predicted molar refractivity (Wildman–Crippen MR) is 90.0 cm³/mol. The van der Waals surface area contributed by atoms with E-state index in [2.05, 4.69) is 18.0 Å². The highest BCUT2D eigenvalue weighted by atomic mass is 32.1. The number of benzene rings is 1. The number of hydrogen-bond donors (Lipinski definition) is 1. The standard InChI is InChI=1S/C17H21N3OS/c1-12-6-2-3-8-14(12)16-19-15(11-22-16)17(21)20-9-5-4-7-13(20)10-18/h2-3,6,8,11,13H,4-5,7,9-10,18H2,1H3/t13-/m0/s1. The number of aryl methyl sites for hydroxylation is 1. The molecule has 0 spiro atoms. The fourth-order valence-electron chi connectivity index (χ4n) is 2.97. The number of carbonyl (C=O) groups excluding carboxylic acids is 1. The molecule has 2 N–H and O–H groups in total. The molecule has 2 aromatic rings. The van der Waals surface area contributed by atoms with E-state index in [9.17, 15) is 4.79 Å². The quantitative estimate of drug-likeness (QED) is 0.947. The van der Waals surface area contributed by atoms with Gasteiger partial charge in [-0.2, -0.15) is 0 Å². The second-order valence-electron chi connectivity index (χ2n) is 5.74. The highest BCUT2D eigenvalue weighted by molar-refractivity contribution is 7.13. The van der Waals surface area contributed by atoms with E-state index in [0.717, 1.165) is 36.4 Å². The Morgan fingerprint density at radius 3 is 3.00 bits per heavy atom. The summed E-state index contributed by atoms with van der Waals surface area (Å²) < 4.78 is 0. The minimum Gasteiger partial charge on any atom is -0.333 e. The van der Waals surface area contributed by atoms with Crippen molar-refractivity contribution in [2.24, 2.45) is 5.73 Å². The van der Waals surface area contributed by atoms with Crippen LogP contribution >= 0.6 is 11.3 Å². The highest BCUT2D eigenvalue weighted by Gasteiger charge is 2.27. The zero-order valence-corrected chi connectivity index (χ0v) is 13.6. The number of aromatic nitrogens is 1. The van der Waals surface area contributed by atoms with Crippen LogP contribution in [-0.4, -0.2) is 34.9 Å². The zero-order valence-electron chi connectivity index (χ0n) is 12.8. The number of piperidine rings is 1. The lowest BCUT2D eigenvalue weighted by molar-refractivity contribution is 0.0618. The van der Waals surface area contributed by atoms with E-state index in [-0.39, 0.29) is 11.9 Å². The molecular formula is C17H21N3OS. The van der Waals surface area contributed by atoms with Crippen LogP contribution in [0.25, 0.3) is 10.6 Å². The summed E-state index contributed by atoms with van der Waals surface area (Å²) in [6.45, 7) is 3.38. The fourth-order valence-corrected chi connectivity index (χ4v) is 3.85. The molecule has 0 unspecified atom stereocenters. The van der Waals surface area contributed by atoms with Crippen LogP contribution in [0, 0.1) is 6.92 Å². The Kier molecular flexibility index (Phi) is 4.55. The number of nitrogens with zero attached hydrogens (tertiary/aromatic N) is 2. The molecule has 2 heterocycles. The largest absolute Gasteiger partial charge is 0.333 e. The van der Waals surface area contributed by atoms with Crippen molar-refractivity contribution in [2.75, 3.05) is 13.1 Å². The molecule has 1 aliphatic heterocycles. The van der Waals surface area contributed by atoms with Gasteiger partial charge in [0.1, 0.15) is 10.7 Å². The van der Waals surface area contributed by atoms with Gasteiger partial charge in [0.2, 0.25) is 0 Å². The first-order valence-corrected chi connectivity index (χ1v) is 8.61. The van der Waals surface area contributed by atoms with Crippen LogP contribution in [0.5, 0.6) is 0 Å². The zero-order chi connectivity index (χ0) is 15.5. The minimum atomic E-state index is 0.0197. The average Bonchev–Trinajstić information content (AvgIpc) is 3.04. The van der Waals surface area contributed by atoms with Crippen LogP contribution in [0.3, 0.4) is 0 Å². The van der Waals surface area contributed by atoms with E-state index < -0.39 is 0 Å². The smallest absolute Gasteiger partial charge is 0.273 e. The number of rotatable bonds is 3. The molecule has 3 rings (SSSR count). The normalized spacial score (nSPS) is 18.5. The van der Waals surface area contributed by atoms with E-state index in [1.165, 1.54) is 16.9 Å². The molecule has 5 heteroatoms. The lowest BCUT2D eigenvalue weighted by Crippen LogP contribution is -2.47. The minimum absolute atomic E-state index is 0.0197. The maximum absolute atomic E-state index is 12.7. The first-order valence-electron chi connectivity index (χ1n) is 7.73. The molecule has 1 amide bonds. The number of likely N-dealkylation sites (tertiary alicyclic amines) is 1. The highest BCUT2D eigenvalue weighted by Crippen LogP contribution is 2.28. The van der Waals surface area contributed by atoms with Gasteiger partial charge < -0.3 is 10.6 Å². The maximum atomic E-state index is 12.7. The van der Waals surface area contributed by atoms with Crippen LogP contribution in [0.2, 0.25) is 0 Å². The predicted octanol–water partition coefficient (Wildman–Crippen LogP) is 3.07. The number of carbonyl (C=O) groups is 1. The number of hydrogen-bond acceptors (Lipinski definition) is 4. The maximum Gasteiger partial charge on any atom is 0.273 e. The van der Waals surface area contributed by atoms with Crippen molar-refractivity contribution < 1.29 is 4.79 Å². The number of amides is 1. The Bertz CT molecular complexity index is 667. The van der Waals surface area contributed by atoms with E-state index >= 15 is 0 Å². The van der Waals surface area contributed by atoms with Gasteiger partial charge in [0.15, 0.2) is 0 Å². The van der Waals surface area contributed by atoms with Gasteiger partial charge in [-0.05, 0) is 31.7 Å². The van der Waals surface area contributed by atoms with Gasteiger partial charge >= 0.3 is 0 Å². The molecule has 22 heavy (non-hydrogen) atoms. The summed E-state index contributed by atoms with van der Waals surface area (Å²) in [5.74, 6) is 0.0197. The van der Waals surface area contributed by atoms with Crippen molar-refractivity contribution in [1.29, 1.82) is 0 Å². The summed E-state index contributed by atoms with van der Waals surface area (Å²) in [5.41, 5.74) is 8.63. The molecule has 0 bridgehead atoms. The molecule has 1 fully saturated rings. The summed E-state index contributed by atoms with van der Waals surface area (Å²) in [7, 11) is 0. The van der Waals surface area contributed by atoms with Gasteiger partial charge in [-0.25, -0.2) is 4.98 Å². The summed E-state index contributed by atoms with van der Waals surface area (Å²) in [6.07, 6.45) is 3.20. The van der Waals surface area contributed by atoms with Crippen LogP contribution < -0.4 is 5.73 Å². The Balaban J connectivity index is 1.84. The Labute approximate surface area is 135 Å². The lowest BCUT2D eigenvalue weighted by Gasteiger charge is -2.34. The van der Waals surface area contributed by atoms with Crippen LogP contribution in [0.15, 0.2) is 29.6 Å². The van der Waals surface area contributed by atoms with Gasteiger partial charge in [-0.15, -0.1) is 11.3 Å². The molecule has 0 radical (unpaired) electrons. The second-order valence-corrected chi connectivity index (χ2v) is 6.59. The first kappa shape index (κ1) is 15.2. The lowest BCUT2D eigenvalue weighted by atomic mass is 10.0. The molecule has 1 atom stereocenters. The summed E-state index contributed by atoms with van der Waals surface area (Å²) in [6, 6.07) is 8.28. The van der Waals surface area contributed by atoms with Gasteiger partial charge in [0.05, 0.1) is 0 Å². The molecule has 1 aromatic carbocycles. The Hall–Kier alpha value is -1.72. The van der Waals surface area contributed by atoms with Gasteiger partial charge in [0.25, 0.3) is 5.91 Å². The van der Waals surface area contributed by atoms with Crippen molar-refractivity contribution in [1.82, 2.24) is 9.88 Å². The monoisotopic (exact) mass is 315 g/mol. The molecule has 0 saturated carbocycles. The van der Waals surface area contributed by atoms with E-state index in [4.69, 9.17) is 5.73 Å². The van der Waals surface area contributed by atoms with E-state index in [0.29, 0.717) is 12.2 Å². The first-order chi connectivity index (χ1) is 10.7. The van der Waals surface area contributed by atoms with Gasteiger partial charge in [-0.3, -0.25) is 4.79 Å². The molecular weight excluding hydrogens is 294 g/mol. The molecule has 116 valence electrons. The Morgan fingerprint density at radius 2 is 2.23 bits per heavy atom. The average molecular weight is 315 g/mol. The van der Waals surface area contributed by atoms with Crippen molar-refractivity contribution in [3.8, 4) is 10.6 Å². The van der Waals surface area contributed by atoms with Crippen LogP contribution in [0.1, 0.15) is 35.3 Å². The van der Waals surface area contributed by atoms with Crippen molar-refractivity contribution in [3.63, 3.8) is 0 Å². The van der Waals surface area contributed by atoms with E-state index in [1.54, 1.807) is 0 Å². The second kappa shape index (κ2) is 6.58. The van der Waals surface area contributed by atoms with Crippen LogP contribution in [-0.2, 0) is 0 Å². The SMILES string of the molecule is Cc1ccccc1-c1nc(C(=O)N2CCCC[C@H]2CN)cs1. The summed E-state index contributed by atoms with van der Waals surface area (Å²) in [4.78, 5) is 19.2. The third-order valence-corrected chi connectivity index (χ3v) is 5.13. The van der Waals surface area contributed by atoms with Crippen molar-refractivity contribution in [2.45, 2.75) is 32.2 Å².